The normalized spacial score (nSPS) is 14.7. The molecule has 5 nitrogen and oxygen atoms in total. The van der Waals surface area contributed by atoms with Gasteiger partial charge < -0.3 is 9.80 Å². The average molecular weight is 381 g/mol. The molecule has 0 radical (unpaired) electrons. The molecule has 1 amide bonds. The maximum atomic E-state index is 12.6. The van der Waals surface area contributed by atoms with Crippen LogP contribution in [0.25, 0.3) is 10.2 Å². The van der Waals surface area contributed by atoms with Gasteiger partial charge in [-0.2, -0.15) is 0 Å². The molecule has 1 saturated heterocycles. The van der Waals surface area contributed by atoms with Crippen LogP contribution >= 0.6 is 11.3 Å². The third-order valence-electron chi connectivity index (χ3n) is 5.26. The van der Waals surface area contributed by atoms with Crippen molar-refractivity contribution in [3.63, 3.8) is 0 Å². The van der Waals surface area contributed by atoms with Crippen molar-refractivity contribution >= 4 is 33.3 Å². The molecule has 0 spiro atoms. The Balaban J connectivity index is 1.47. The Morgan fingerprint density at radius 3 is 2.56 bits per heavy atom. The van der Waals surface area contributed by atoms with E-state index in [0.717, 1.165) is 48.8 Å². The van der Waals surface area contributed by atoms with E-state index in [2.05, 4.69) is 28.7 Å². The van der Waals surface area contributed by atoms with Gasteiger partial charge in [0.15, 0.2) is 0 Å². The van der Waals surface area contributed by atoms with Crippen LogP contribution in [-0.4, -0.2) is 47.0 Å². The summed E-state index contributed by atoms with van der Waals surface area (Å²) in [5.41, 5.74) is 2.37. The maximum absolute atomic E-state index is 12.6. The molecule has 0 saturated carbocycles. The van der Waals surface area contributed by atoms with Gasteiger partial charge >= 0.3 is 0 Å². The van der Waals surface area contributed by atoms with Crippen molar-refractivity contribution in [3.8, 4) is 0 Å². The number of anilines is 1. The highest BCUT2D eigenvalue weighted by atomic mass is 32.1. The van der Waals surface area contributed by atoms with Crippen molar-refractivity contribution in [1.29, 1.82) is 0 Å². The second kappa shape index (κ2) is 7.64. The molecule has 1 aromatic carbocycles. The van der Waals surface area contributed by atoms with Gasteiger partial charge in [0, 0.05) is 31.1 Å². The maximum Gasteiger partial charge on any atom is 0.227 e. The lowest BCUT2D eigenvalue weighted by Crippen LogP contribution is -2.49. The zero-order valence-corrected chi connectivity index (χ0v) is 16.6. The minimum Gasteiger partial charge on any atom is -0.352 e. The molecule has 0 aliphatic carbocycles. The van der Waals surface area contributed by atoms with E-state index in [4.69, 9.17) is 0 Å². The number of aromatic nitrogens is 2. The number of amides is 1. The third-order valence-corrected chi connectivity index (χ3v) is 6.60. The van der Waals surface area contributed by atoms with Crippen molar-refractivity contribution in [2.24, 2.45) is 0 Å². The van der Waals surface area contributed by atoms with Crippen LogP contribution in [0.2, 0.25) is 0 Å². The Morgan fingerprint density at radius 2 is 1.85 bits per heavy atom. The first-order valence-electron chi connectivity index (χ1n) is 9.47. The number of nitrogens with zero attached hydrogens (tertiary/aromatic N) is 4. The first kappa shape index (κ1) is 17.9. The molecule has 3 aromatic rings. The Bertz CT molecular complexity index is 945. The van der Waals surface area contributed by atoms with E-state index in [9.17, 15) is 4.79 Å². The molecule has 0 bridgehead atoms. The van der Waals surface area contributed by atoms with Gasteiger partial charge in [0.1, 0.15) is 17.0 Å². The zero-order chi connectivity index (χ0) is 18.8. The van der Waals surface area contributed by atoms with Gasteiger partial charge in [0.05, 0.1) is 11.8 Å². The number of thiophene rings is 1. The van der Waals surface area contributed by atoms with Crippen LogP contribution in [0, 0.1) is 6.92 Å². The Kier molecular flexibility index (Phi) is 5.07. The second-order valence-electron chi connectivity index (χ2n) is 6.91. The predicted molar refractivity (Wildman–Crippen MR) is 110 cm³/mol. The molecule has 0 N–H and O–H groups in total. The molecule has 140 valence electrons. The van der Waals surface area contributed by atoms with E-state index in [0.29, 0.717) is 6.42 Å². The minimum atomic E-state index is 0.202. The summed E-state index contributed by atoms with van der Waals surface area (Å²) in [7, 11) is 0. The number of carbonyl (C=O) groups excluding carboxylic acids is 1. The monoisotopic (exact) mass is 380 g/mol. The van der Waals surface area contributed by atoms with Gasteiger partial charge in [-0.1, -0.05) is 37.3 Å². The second-order valence-corrected chi connectivity index (χ2v) is 8.00. The summed E-state index contributed by atoms with van der Waals surface area (Å²) >= 11 is 1.77. The summed E-state index contributed by atoms with van der Waals surface area (Å²) < 4.78 is 0. The first-order valence-corrected chi connectivity index (χ1v) is 10.3. The number of aryl methyl sites for hydroxylation is 2. The SMILES string of the molecule is CCc1sc2ncnc(N3CCN(C(=O)Cc4ccccc4)CC3)c2c1C. The highest BCUT2D eigenvalue weighted by Crippen LogP contribution is 2.35. The molecule has 4 rings (SSSR count). The third kappa shape index (κ3) is 3.54. The van der Waals surface area contributed by atoms with Crippen molar-refractivity contribution < 1.29 is 4.79 Å². The van der Waals surface area contributed by atoms with E-state index in [-0.39, 0.29) is 5.91 Å². The summed E-state index contributed by atoms with van der Waals surface area (Å²) in [5.74, 6) is 1.22. The van der Waals surface area contributed by atoms with E-state index >= 15 is 0 Å². The molecule has 1 aliphatic heterocycles. The molecule has 6 heteroatoms. The lowest BCUT2D eigenvalue weighted by atomic mass is 10.1. The van der Waals surface area contributed by atoms with Crippen molar-refractivity contribution in [2.75, 3.05) is 31.1 Å². The molecule has 3 heterocycles. The molecule has 0 atom stereocenters. The fourth-order valence-electron chi connectivity index (χ4n) is 3.73. The summed E-state index contributed by atoms with van der Waals surface area (Å²) in [4.78, 5) is 28.4. The summed E-state index contributed by atoms with van der Waals surface area (Å²) in [6.45, 7) is 7.45. The number of carbonyl (C=O) groups is 1. The van der Waals surface area contributed by atoms with E-state index in [1.807, 2.05) is 35.2 Å². The van der Waals surface area contributed by atoms with Gasteiger partial charge in [-0.3, -0.25) is 4.79 Å². The highest BCUT2D eigenvalue weighted by molar-refractivity contribution is 7.18. The number of fused-ring (bicyclic) bond motifs is 1. The van der Waals surface area contributed by atoms with E-state index < -0.39 is 0 Å². The summed E-state index contributed by atoms with van der Waals surface area (Å²) in [5, 5.41) is 1.18. The van der Waals surface area contributed by atoms with Crippen LogP contribution in [0.3, 0.4) is 0 Å². The number of rotatable bonds is 4. The molecular weight excluding hydrogens is 356 g/mol. The molecule has 2 aromatic heterocycles. The minimum absolute atomic E-state index is 0.202. The fourth-order valence-corrected chi connectivity index (χ4v) is 4.81. The van der Waals surface area contributed by atoms with Crippen LogP contribution in [0.1, 0.15) is 22.9 Å². The quantitative estimate of drug-likeness (QED) is 0.696. The summed E-state index contributed by atoms with van der Waals surface area (Å²) in [6.07, 6.45) is 3.16. The Hall–Kier alpha value is -2.47. The smallest absolute Gasteiger partial charge is 0.227 e. The van der Waals surface area contributed by atoms with Gasteiger partial charge in [0.25, 0.3) is 0 Å². The largest absolute Gasteiger partial charge is 0.352 e. The number of piperazine rings is 1. The number of hydrogen-bond donors (Lipinski definition) is 0. The molecule has 27 heavy (non-hydrogen) atoms. The van der Waals surface area contributed by atoms with Crippen LogP contribution in [0.15, 0.2) is 36.7 Å². The van der Waals surface area contributed by atoms with Gasteiger partial charge in [-0.25, -0.2) is 9.97 Å². The van der Waals surface area contributed by atoms with Crippen LogP contribution < -0.4 is 4.90 Å². The van der Waals surface area contributed by atoms with Crippen molar-refractivity contribution in [3.05, 3.63) is 52.7 Å². The van der Waals surface area contributed by atoms with E-state index in [1.54, 1.807) is 17.7 Å². The molecular formula is C21H24N4OS. The topological polar surface area (TPSA) is 49.3 Å². The number of benzene rings is 1. The Morgan fingerprint density at radius 1 is 1.11 bits per heavy atom. The number of hydrogen-bond acceptors (Lipinski definition) is 5. The van der Waals surface area contributed by atoms with Crippen molar-refractivity contribution in [2.45, 2.75) is 26.7 Å². The highest BCUT2D eigenvalue weighted by Gasteiger charge is 2.24. The lowest BCUT2D eigenvalue weighted by molar-refractivity contribution is -0.130. The first-order chi connectivity index (χ1) is 13.2. The van der Waals surface area contributed by atoms with Gasteiger partial charge in [0.2, 0.25) is 5.91 Å². The van der Waals surface area contributed by atoms with Crippen LogP contribution in [0.4, 0.5) is 5.82 Å². The predicted octanol–water partition coefficient (Wildman–Crippen LogP) is 3.45. The summed E-state index contributed by atoms with van der Waals surface area (Å²) in [6, 6.07) is 9.96. The Labute approximate surface area is 163 Å². The van der Waals surface area contributed by atoms with Gasteiger partial charge in [-0.15, -0.1) is 11.3 Å². The fraction of sp³-hybridized carbons (Fsp3) is 0.381. The molecule has 1 aliphatic rings. The molecule has 1 fully saturated rings. The molecule has 0 unspecified atom stereocenters. The van der Waals surface area contributed by atoms with E-state index in [1.165, 1.54) is 15.8 Å². The standard InChI is InChI=1S/C21H24N4OS/c1-3-17-15(2)19-20(22-14-23-21(19)27-17)25-11-9-24(10-12-25)18(26)13-16-7-5-4-6-8-16/h4-8,14H,3,9-13H2,1-2H3. The zero-order valence-electron chi connectivity index (χ0n) is 15.8. The average Bonchev–Trinajstić information content (AvgIpc) is 3.05. The van der Waals surface area contributed by atoms with Gasteiger partial charge in [-0.05, 0) is 24.5 Å². The lowest BCUT2D eigenvalue weighted by Gasteiger charge is -2.35. The van der Waals surface area contributed by atoms with Crippen molar-refractivity contribution in [1.82, 2.24) is 14.9 Å². The van der Waals surface area contributed by atoms with Crippen LogP contribution in [0.5, 0.6) is 0 Å². The van der Waals surface area contributed by atoms with Crippen LogP contribution in [-0.2, 0) is 17.6 Å².